The first-order valence-corrected chi connectivity index (χ1v) is 37.7. The molecule has 0 aliphatic carbocycles. The van der Waals surface area contributed by atoms with E-state index in [1.165, 1.54) is 122 Å². The van der Waals surface area contributed by atoms with E-state index >= 15 is 0 Å². The molecule has 0 saturated carbocycles. The fourth-order valence-electron chi connectivity index (χ4n) is 9.93. The molecule has 3 N–H and O–H groups in total. The summed E-state index contributed by atoms with van der Waals surface area (Å²) in [4.78, 5) is 72.4. The Morgan fingerprint density at radius 1 is 0.326 bits per heavy atom. The van der Waals surface area contributed by atoms with Crippen LogP contribution in [0.3, 0.4) is 0 Å². The number of hydrogen-bond acceptors (Lipinski definition) is 15. The van der Waals surface area contributed by atoms with Crippen LogP contribution in [-0.4, -0.2) is 96.7 Å². The standard InChI is InChI=1S/C67H130O17P2/c1-9-60(8)46-38-30-25-26-32-40-48-65(70)78-54-63(84-67(72)50-42-34-24-18-16-21-29-37-45-59(6)7)56-82-86(75,76)80-52-61(68)51-79-85(73,74)81-55-62(53-77-64(69)47-39-31-22-17-15-20-28-36-44-58(4)5)83-66(71)49-41-33-23-14-12-10-11-13-19-27-35-43-57(2)3/h57-63,68H,9-56H2,1-8H3,(H,73,74)(H,75,76)/t60?,61?,62-,63-/m1/s1. The summed E-state index contributed by atoms with van der Waals surface area (Å²) in [5.41, 5.74) is 0. The molecule has 0 aromatic heterocycles. The third-order valence-electron chi connectivity index (χ3n) is 15.7. The molecule has 0 rings (SSSR count). The molecule has 0 spiro atoms. The molecule has 0 aromatic rings. The lowest BCUT2D eigenvalue weighted by molar-refractivity contribution is -0.161. The van der Waals surface area contributed by atoms with Gasteiger partial charge in [0.15, 0.2) is 12.2 Å². The Kier molecular flexibility index (Phi) is 55.7. The van der Waals surface area contributed by atoms with Crippen molar-refractivity contribution >= 4 is 39.5 Å². The average Bonchev–Trinajstić information content (AvgIpc) is 3.62. The van der Waals surface area contributed by atoms with Crippen molar-refractivity contribution < 1.29 is 80.2 Å². The van der Waals surface area contributed by atoms with Gasteiger partial charge < -0.3 is 33.8 Å². The molecule has 86 heavy (non-hydrogen) atoms. The van der Waals surface area contributed by atoms with Gasteiger partial charge in [-0.25, -0.2) is 9.13 Å². The van der Waals surface area contributed by atoms with E-state index in [0.717, 1.165) is 120 Å². The van der Waals surface area contributed by atoms with Crippen LogP contribution in [0.2, 0.25) is 0 Å². The highest BCUT2D eigenvalue weighted by Gasteiger charge is 2.30. The van der Waals surface area contributed by atoms with Crippen LogP contribution in [0.5, 0.6) is 0 Å². The van der Waals surface area contributed by atoms with E-state index < -0.39 is 97.5 Å². The average molecular weight is 1270 g/mol. The Hall–Kier alpha value is -1.94. The molecule has 4 unspecified atom stereocenters. The number of phosphoric acid groups is 2. The molecule has 0 aliphatic heterocycles. The van der Waals surface area contributed by atoms with Gasteiger partial charge in [-0.2, -0.15) is 0 Å². The molecule has 0 heterocycles. The molecular formula is C67H130O17P2. The monoisotopic (exact) mass is 1270 g/mol. The summed E-state index contributed by atoms with van der Waals surface area (Å²) in [6.07, 6.45) is 37.6. The molecular weight excluding hydrogens is 1140 g/mol. The van der Waals surface area contributed by atoms with Crippen LogP contribution in [0.25, 0.3) is 0 Å². The van der Waals surface area contributed by atoms with Gasteiger partial charge in [-0.05, 0) is 49.4 Å². The fourth-order valence-corrected chi connectivity index (χ4v) is 11.5. The van der Waals surface area contributed by atoms with Gasteiger partial charge in [0.25, 0.3) is 0 Å². The predicted molar refractivity (Wildman–Crippen MR) is 344 cm³/mol. The van der Waals surface area contributed by atoms with E-state index in [4.69, 9.17) is 37.0 Å². The van der Waals surface area contributed by atoms with E-state index in [2.05, 4.69) is 55.4 Å². The second-order valence-corrected chi connectivity index (χ2v) is 28.8. The highest BCUT2D eigenvalue weighted by Crippen LogP contribution is 2.45. The Morgan fingerprint density at radius 2 is 0.558 bits per heavy atom. The first-order chi connectivity index (χ1) is 41.1. The molecule has 0 fully saturated rings. The minimum atomic E-state index is -4.95. The molecule has 0 bridgehead atoms. The summed E-state index contributed by atoms with van der Waals surface area (Å²) in [6, 6.07) is 0. The molecule has 0 radical (unpaired) electrons. The minimum absolute atomic E-state index is 0.103. The van der Waals surface area contributed by atoms with Gasteiger partial charge in [-0.1, -0.05) is 274 Å². The SMILES string of the molecule is CCC(C)CCCCCCCCC(=O)OC[C@H](COP(=O)(O)OCC(O)COP(=O)(O)OC[C@@H](COC(=O)CCCCCCCCCCC(C)C)OC(=O)CCCCCCCCCCCCCC(C)C)OC(=O)CCCCCCCCCCC(C)C. The topological polar surface area (TPSA) is 237 Å². The highest BCUT2D eigenvalue weighted by molar-refractivity contribution is 7.47. The molecule has 0 amide bonds. The van der Waals surface area contributed by atoms with Crippen molar-refractivity contribution in [1.82, 2.24) is 0 Å². The molecule has 510 valence electrons. The summed E-state index contributed by atoms with van der Waals surface area (Å²) in [7, 11) is -9.90. The predicted octanol–water partition coefficient (Wildman–Crippen LogP) is 18.5. The van der Waals surface area contributed by atoms with Crippen LogP contribution in [0.15, 0.2) is 0 Å². The maximum Gasteiger partial charge on any atom is 0.472 e. The van der Waals surface area contributed by atoms with Gasteiger partial charge >= 0.3 is 39.5 Å². The molecule has 0 aromatic carbocycles. The zero-order valence-electron chi connectivity index (χ0n) is 55.9. The van der Waals surface area contributed by atoms with Crippen molar-refractivity contribution in [3.8, 4) is 0 Å². The number of ether oxygens (including phenoxy) is 4. The normalized spacial score (nSPS) is 14.7. The smallest absolute Gasteiger partial charge is 0.462 e. The van der Waals surface area contributed by atoms with Crippen molar-refractivity contribution in [3.63, 3.8) is 0 Å². The highest BCUT2D eigenvalue weighted by atomic mass is 31.2. The van der Waals surface area contributed by atoms with Gasteiger partial charge in [0.2, 0.25) is 0 Å². The Morgan fingerprint density at radius 3 is 0.826 bits per heavy atom. The summed E-state index contributed by atoms with van der Waals surface area (Å²) >= 11 is 0. The largest absolute Gasteiger partial charge is 0.472 e. The maximum absolute atomic E-state index is 13.0. The zero-order chi connectivity index (χ0) is 63.9. The number of rotatable bonds is 64. The number of unbranched alkanes of at least 4 members (excludes halogenated alkanes) is 29. The number of carbonyl (C=O) groups is 4. The van der Waals surface area contributed by atoms with Gasteiger partial charge in [0.05, 0.1) is 26.4 Å². The second-order valence-electron chi connectivity index (χ2n) is 25.9. The van der Waals surface area contributed by atoms with Crippen LogP contribution >= 0.6 is 15.6 Å². The molecule has 0 aliphatic rings. The first kappa shape index (κ1) is 84.1. The number of carbonyl (C=O) groups excluding carboxylic acids is 4. The second kappa shape index (κ2) is 57.0. The quantitative estimate of drug-likeness (QED) is 0.0222. The lowest BCUT2D eigenvalue weighted by atomic mass is 10.00. The Bertz CT molecular complexity index is 1720. The minimum Gasteiger partial charge on any atom is -0.462 e. The number of aliphatic hydroxyl groups excluding tert-OH is 1. The van der Waals surface area contributed by atoms with E-state index in [9.17, 15) is 43.2 Å². The Balaban J connectivity index is 5.26. The third kappa shape index (κ3) is 59.7. The van der Waals surface area contributed by atoms with Crippen molar-refractivity contribution in [2.45, 2.75) is 343 Å². The molecule has 6 atom stereocenters. The summed E-state index contributed by atoms with van der Waals surface area (Å²) in [5.74, 6) is 0.805. The number of hydrogen-bond donors (Lipinski definition) is 3. The van der Waals surface area contributed by atoms with Crippen LogP contribution in [0, 0.1) is 23.7 Å². The van der Waals surface area contributed by atoms with Crippen molar-refractivity contribution in [2.24, 2.45) is 23.7 Å². The lowest BCUT2D eigenvalue weighted by Gasteiger charge is -2.21. The first-order valence-electron chi connectivity index (χ1n) is 34.7. The van der Waals surface area contributed by atoms with Crippen molar-refractivity contribution in [1.29, 1.82) is 0 Å². The van der Waals surface area contributed by atoms with Crippen LogP contribution in [-0.2, 0) is 65.4 Å². The van der Waals surface area contributed by atoms with E-state index in [1.54, 1.807) is 0 Å². The van der Waals surface area contributed by atoms with Crippen molar-refractivity contribution in [3.05, 3.63) is 0 Å². The van der Waals surface area contributed by atoms with E-state index in [0.29, 0.717) is 25.7 Å². The summed E-state index contributed by atoms with van der Waals surface area (Å²) < 4.78 is 68.1. The lowest BCUT2D eigenvalue weighted by Crippen LogP contribution is -2.30. The van der Waals surface area contributed by atoms with Gasteiger partial charge in [-0.15, -0.1) is 0 Å². The Labute approximate surface area is 524 Å². The molecule has 17 nitrogen and oxygen atoms in total. The molecule has 19 heteroatoms. The molecule has 0 saturated heterocycles. The third-order valence-corrected chi connectivity index (χ3v) is 17.6. The van der Waals surface area contributed by atoms with Gasteiger partial charge in [0.1, 0.15) is 19.3 Å². The maximum atomic E-state index is 13.0. The van der Waals surface area contributed by atoms with E-state index in [-0.39, 0.29) is 25.7 Å². The van der Waals surface area contributed by atoms with Crippen molar-refractivity contribution in [2.75, 3.05) is 39.6 Å². The fraction of sp³-hybridized carbons (Fsp3) is 0.940. The summed E-state index contributed by atoms with van der Waals surface area (Å²) in [5, 5.41) is 10.6. The van der Waals surface area contributed by atoms with Crippen LogP contribution in [0.4, 0.5) is 0 Å². The zero-order valence-corrected chi connectivity index (χ0v) is 57.7. The number of esters is 4. The van der Waals surface area contributed by atoms with Gasteiger partial charge in [0, 0.05) is 25.7 Å². The van der Waals surface area contributed by atoms with Crippen LogP contribution < -0.4 is 0 Å². The number of phosphoric ester groups is 2. The summed E-state index contributed by atoms with van der Waals surface area (Å²) in [6.45, 7) is 14.0. The van der Waals surface area contributed by atoms with Crippen LogP contribution in [0.1, 0.15) is 325 Å². The van der Waals surface area contributed by atoms with Gasteiger partial charge in [-0.3, -0.25) is 37.3 Å². The van der Waals surface area contributed by atoms with E-state index in [1.807, 2.05) is 0 Å². The number of aliphatic hydroxyl groups is 1.